The molecule has 2 aromatic rings. The predicted molar refractivity (Wildman–Crippen MR) is 82.1 cm³/mol. The number of hydrogen-bond acceptors (Lipinski definition) is 3. The van der Waals surface area contributed by atoms with E-state index in [1.807, 2.05) is 42.5 Å². The lowest BCUT2D eigenvalue weighted by Gasteiger charge is -2.10. The molecular weight excluding hydrogens is 294 g/mol. The Morgan fingerprint density at radius 1 is 1.25 bits per heavy atom. The highest BCUT2D eigenvalue weighted by atomic mass is 35.5. The van der Waals surface area contributed by atoms with E-state index < -0.39 is 6.10 Å². The summed E-state index contributed by atoms with van der Waals surface area (Å²) in [5.74, 6) is -0.149. The first kappa shape index (κ1) is 15.0. The SMILES string of the molecule is O=C(CC(O)c1ccccc1)NCCc1ccc(Cl)s1. The molecule has 3 nitrogen and oxygen atoms in total. The van der Waals surface area contributed by atoms with Gasteiger partial charge in [-0.15, -0.1) is 11.3 Å². The highest BCUT2D eigenvalue weighted by molar-refractivity contribution is 7.16. The Hall–Kier alpha value is -1.36. The number of nitrogens with one attached hydrogen (secondary N) is 1. The van der Waals surface area contributed by atoms with E-state index in [1.165, 1.54) is 11.3 Å². The number of thiophene rings is 1. The highest BCUT2D eigenvalue weighted by Gasteiger charge is 2.12. The van der Waals surface area contributed by atoms with Crippen LogP contribution in [0.5, 0.6) is 0 Å². The minimum Gasteiger partial charge on any atom is -0.388 e. The molecule has 0 aliphatic rings. The number of benzene rings is 1. The van der Waals surface area contributed by atoms with E-state index in [0.29, 0.717) is 6.54 Å². The molecule has 0 aliphatic carbocycles. The number of carbonyl (C=O) groups excluding carboxylic acids is 1. The maximum atomic E-state index is 11.7. The summed E-state index contributed by atoms with van der Waals surface area (Å²) in [7, 11) is 0. The Labute approximate surface area is 127 Å². The molecule has 0 fully saturated rings. The molecule has 0 saturated carbocycles. The number of hydrogen-bond donors (Lipinski definition) is 2. The molecule has 1 aromatic carbocycles. The van der Waals surface area contributed by atoms with Crippen LogP contribution in [0.2, 0.25) is 4.34 Å². The van der Waals surface area contributed by atoms with Gasteiger partial charge < -0.3 is 10.4 Å². The van der Waals surface area contributed by atoms with Gasteiger partial charge in [-0.1, -0.05) is 41.9 Å². The molecule has 0 spiro atoms. The van der Waals surface area contributed by atoms with Crippen LogP contribution in [0.4, 0.5) is 0 Å². The van der Waals surface area contributed by atoms with E-state index in [2.05, 4.69) is 5.32 Å². The van der Waals surface area contributed by atoms with Crippen LogP contribution in [0.25, 0.3) is 0 Å². The van der Waals surface area contributed by atoms with Crippen molar-refractivity contribution in [1.29, 1.82) is 0 Å². The van der Waals surface area contributed by atoms with Gasteiger partial charge in [-0.3, -0.25) is 4.79 Å². The zero-order valence-electron chi connectivity index (χ0n) is 10.9. The molecule has 0 aliphatic heterocycles. The molecule has 1 heterocycles. The van der Waals surface area contributed by atoms with Crippen LogP contribution in [-0.2, 0) is 11.2 Å². The van der Waals surface area contributed by atoms with E-state index in [4.69, 9.17) is 11.6 Å². The van der Waals surface area contributed by atoms with Crippen molar-refractivity contribution < 1.29 is 9.90 Å². The summed E-state index contributed by atoms with van der Waals surface area (Å²) in [6.45, 7) is 0.553. The Morgan fingerprint density at radius 3 is 2.65 bits per heavy atom. The van der Waals surface area contributed by atoms with Crippen LogP contribution in [0.1, 0.15) is 23.0 Å². The third-order valence-corrected chi connectivity index (χ3v) is 4.18. The molecule has 2 N–H and O–H groups in total. The molecule has 0 bridgehead atoms. The number of aliphatic hydroxyl groups excluding tert-OH is 1. The molecule has 1 aromatic heterocycles. The van der Waals surface area contributed by atoms with E-state index in [9.17, 15) is 9.90 Å². The van der Waals surface area contributed by atoms with Crippen LogP contribution >= 0.6 is 22.9 Å². The van der Waals surface area contributed by atoms with Gasteiger partial charge in [0.05, 0.1) is 16.9 Å². The average Bonchev–Trinajstić information content (AvgIpc) is 2.85. The maximum absolute atomic E-state index is 11.7. The van der Waals surface area contributed by atoms with E-state index >= 15 is 0 Å². The first-order valence-corrected chi connectivity index (χ1v) is 7.58. The lowest BCUT2D eigenvalue weighted by Crippen LogP contribution is -2.27. The number of halogens is 1. The maximum Gasteiger partial charge on any atom is 0.222 e. The number of amides is 1. The highest BCUT2D eigenvalue weighted by Crippen LogP contribution is 2.21. The van der Waals surface area contributed by atoms with Crippen molar-refractivity contribution in [3.8, 4) is 0 Å². The first-order valence-electron chi connectivity index (χ1n) is 6.39. The number of aliphatic hydroxyl groups is 1. The van der Waals surface area contributed by atoms with Crippen LogP contribution in [0, 0.1) is 0 Å². The van der Waals surface area contributed by atoms with Crippen molar-refractivity contribution >= 4 is 28.8 Å². The molecule has 1 atom stereocenters. The largest absolute Gasteiger partial charge is 0.388 e. The van der Waals surface area contributed by atoms with Crippen LogP contribution < -0.4 is 5.32 Å². The zero-order valence-corrected chi connectivity index (χ0v) is 12.5. The lowest BCUT2D eigenvalue weighted by molar-refractivity contribution is -0.123. The van der Waals surface area contributed by atoms with Gasteiger partial charge in [0.15, 0.2) is 0 Å². The van der Waals surface area contributed by atoms with Crippen molar-refractivity contribution in [2.45, 2.75) is 18.9 Å². The second-order valence-electron chi connectivity index (χ2n) is 4.44. The molecule has 5 heteroatoms. The van der Waals surface area contributed by atoms with E-state index in [-0.39, 0.29) is 12.3 Å². The second kappa shape index (κ2) is 7.43. The molecular formula is C15H16ClNO2S. The summed E-state index contributed by atoms with van der Waals surface area (Å²) in [5.41, 5.74) is 0.757. The topological polar surface area (TPSA) is 49.3 Å². The molecule has 20 heavy (non-hydrogen) atoms. The minimum absolute atomic E-state index is 0.0786. The van der Waals surface area contributed by atoms with Crippen molar-refractivity contribution in [1.82, 2.24) is 5.32 Å². The standard InChI is InChI=1S/C15H16ClNO2S/c16-14-7-6-12(20-14)8-9-17-15(19)10-13(18)11-4-2-1-3-5-11/h1-7,13,18H,8-10H2,(H,17,19). The fourth-order valence-electron chi connectivity index (χ4n) is 1.85. The molecule has 0 radical (unpaired) electrons. The fourth-order valence-corrected chi connectivity index (χ4v) is 2.94. The third-order valence-electron chi connectivity index (χ3n) is 2.89. The Balaban J connectivity index is 1.73. The number of rotatable bonds is 6. The van der Waals surface area contributed by atoms with Crippen LogP contribution in [-0.4, -0.2) is 17.6 Å². The van der Waals surface area contributed by atoms with Crippen LogP contribution in [0.3, 0.4) is 0 Å². The third kappa shape index (κ3) is 4.63. The van der Waals surface area contributed by atoms with Gasteiger partial charge in [-0.25, -0.2) is 0 Å². The predicted octanol–water partition coefficient (Wildman–Crippen LogP) is 3.18. The van der Waals surface area contributed by atoms with Crippen molar-refractivity contribution in [2.24, 2.45) is 0 Å². The minimum atomic E-state index is -0.757. The van der Waals surface area contributed by atoms with Crippen molar-refractivity contribution in [3.05, 3.63) is 57.2 Å². The second-order valence-corrected chi connectivity index (χ2v) is 6.24. The summed E-state index contributed by atoms with van der Waals surface area (Å²) in [4.78, 5) is 12.9. The van der Waals surface area contributed by atoms with E-state index in [0.717, 1.165) is 21.2 Å². The molecule has 0 saturated heterocycles. The lowest BCUT2D eigenvalue weighted by atomic mass is 10.1. The van der Waals surface area contributed by atoms with E-state index in [1.54, 1.807) is 0 Å². The summed E-state index contributed by atoms with van der Waals surface area (Å²) in [5, 5.41) is 12.7. The average molecular weight is 310 g/mol. The number of carbonyl (C=O) groups is 1. The van der Waals surface area contributed by atoms with Gasteiger partial charge >= 0.3 is 0 Å². The zero-order chi connectivity index (χ0) is 14.4. The molecule has 106 valence electrons. The smallest absolute Gasteiger partial charge is 0.222 e. The first-order chi connectivity index (χ1) is 9.65. The van der Waals surface area contributed by atoms with Gasteiger partial charge in [-0.05, 0) is 24.1 Å². The quantitative estimate of drug-likeness (QED) is 0.861. The summed E-state index contributed by atoms with van der Waals surface area (Å²) >= 11 is 7.35. The fraction of sp³-hybridized carbons (Fsp3) is 0.267. The van der Waals surface area contributed by atoms with Gasteiger partial charge in [0.25, 0.3) is 0 Å². The summed E-state index contributed by atoms with van der Waals surface area (Å²) in [6, 6.07) is 13.0. The monoisotopic (exact) mass is 309 g/mol. The molecule has 1 amide bonds. The molecule has 2 rings (SSSR count). The van der Waals surface area contributed by atoms with Crippen molar-refractivity contribution in [2.75, 3.05) is 6.54 Å². The molecule has 1 unspecified atom stereocenters. The Morgan fingerprint density at radius 2 is 2.00 bits per heavy atom. The summed E-state index contributed by atoms with van der Waals surface area (Å²) in [6.07, 6.45) is 0.0761. The van der Waals surface area contributed by atoms with Gasteiger partial charge in [0, 0.05) is 11.4 Å². The summed E-state index contributed by atoms with van der Waals surface area (Å²) < 4.78 is 0.755. The Kier molecular flexibility index (Phi) is 5.59. The van der Waals surface area contributed by atoms with Gasteiger partial charge in [0.1, 0.15) is 0 Å². The normalized spacial score (nSPS) is 12.1. The van der Waals surface area contributed by atoms with Crippen molar-refractivity contribution in [3.63, 3.8) is 0 Å². The Bertz CT molecular complexity index is 556. The van der Waals surface area contributed by atoms with Gasteiger partial charge in [-0.2, -0.15) is 0 Å². The van der Waals surface area contributed by atoms with Gasteiger partial charge in [0.2, 0.25) is 5.91 Å². The van der Waals surface area contributed by atoms with Crippen LogP contribution in [0.15, 0.2) is 42.5 Å².